The standard InChI is InChI=1S/C20H16BrClN2O2S2/c21-14-8-6-13(7-9-14)11-17-19(26)24(20(27)28-17)10-2-5-18(25)23-16-4-1-3-15(22)12-16/h1,3-4,6-9,11-12H,2,5,10H2,(H,23,25)/b17-11+. The van der Waals surface area contributed by atoms with E-state index in [1.807, 2.05) is 30.3 Å². The normalized spacial score (nSPS) is 15.4. The number of carbonyl (C=O) groups is 2. The van der Waals surface area contributed by atoms with Crippen molar-refractivity contribution in [3.05, 3.63) is 68.5 Å². The van der Waals surface area contributed by atoms with Crippen LogP contribution in [0.2, 0.25) is 5.02 Å². The van der Waals surface area contributed by atoms with Crippen LogP contribution < -0.4 is 5.32 Å². The molecule has 144 valence electrons. The van der Waals surface area contributed by atoms with E-state index < -0.39 is 0 Å². The molecule has 28 heavy (non-hydrogen) atoms. The third kappa shape index (κ3) is 5.67. The molecule has 0 bridgehead atoms. The Hall–Kier alpha value is -1.67. The van der Waals surface area contributed by atoms with Crippen molar-refractivity contribution in [2.45, 2.75) is 12.8 Å². The molecule has 1 saturated heterocycles. The van der Waals surface area contributed by atoms with Crippen molar-refractivity contribution in [2.75, 3.05) is 11.9 Å². The number of halogens is 2. The largest absolute Gasteiger partial charge is 0.326 e. The van der Waals surface area contributed by atoms with E-state index >= 15 is 0 Å². The van der Waals surface area contributed by atoms with Crippen molar-refractivity contribution >= 4 is 79.4 Å². The van der Waals surface area contributed by atoms with Crippen LogP contribution in [0.25, 0.3) is 6.08 Å². The van der Waals surface area contributed by atoms with Crippen molar-refractivity contribution in [3.63, 3.8) is 0 Å². The molecule has 0 aromatic heterocycles. The highest BCUT2D eigenvalue weighted by molar-refractivity contribution is 9.10. The first-order chi connectivity index (χ1) is 13.4. The summed E-state index contributed by atoms with van der Waals surface area (Å²) in [7, 11) is 0. The molecule has 0 unspecified atom stereocenters. The second-order valence-corrected chi connectivity index (χ2v) is 9.07. The number of thioether (sulfide) groups is 1. The zero-order valence-electron chi connectivity index (χ0n) is 14.7. The minimum atomic E-state index is -0.127. The van der Waals surface area contributed by atoms with E-state index in [9.17, 15) is 9.59 Å². The van der Waals surface area contributed by atoms with Gasteiger partial charge in [-0.2, -0.15) is 0 Å². The van der Waals surface area contributed by atoms with Gasteiger partial charge < -0.3 is 5.32 Å². The summed E-state index contributed by atoms with van der Waals surface area (Å²) in [6.07, 6.45) is 2.64. The van der Waals surface area contributed by atoms with Gasteiger partial charge in [0.05, 0.1) is 4.91 Å². The number of nitrogens with zero attached hydrogens (tertiary/aromatic N) is 1. The number of thiocarbonyl (C=S) groups is 1. The molecule has 1 heterocycles. The topological polar surface area (TPSA) is 49.4 Å². The Morgan fingerprint density at radius 2 is 2.00 bits per heavy atom. The predicted molar refractivity (Wildman–Crippen MR) is 123 cm³/mol. The van der Waals surface area contributed by atoms with Crippen molar-refractivity contribution in [3.8, 4) is 0 Å². The fourth-order valence-corrected chi connectivity index (χ4v) is 4.35. The number of hydrogen-bond acceptors (Lipinski definition) is 4. The van der Waals surface area contributed by atoms with Gasteiger partial charge in [0.25, 0.3) is 5.91 Å². The summed E-state index contributed by atoms with van der Waals surface area (Å²) >= 11 is 15.9. The molecule has 3 rings (SSSR count). The maximum absolute atomic E-state index is 12.6. The Bertz CT molecular complexity index is 947. The first-order valence-electron chi connectivity index (χ1n) is 8.49. The first-order valence-corrected chi connectivity index (χ1v) is 10.9. The summed E-state index contributed by atoms with van der Waals surface area (Å²) in [5, 5.41) is 3.36. The molecule has 2 aromatic rings. The smallest absolute Gasteiger partial charge is 0.266 e. The molecule has 0 spiro atoms. The van der Waals surface area contributed by atoms with Gasteiger partial charge in [-0.05, 0) is 48.4 Å². The van der Waals surface area contributed by atoms with Crippen LogP contribution in [-0.2, 0) is 9.59 Å². The van der Waals surface area contributed by atoms with Gasteiger partial charge in [0.15, 0.2) is 0 Å². The number of amides is 2. The fourth-order valence-electron chi connectivity index (χ4n) is 2.59. The lowest BCUT2D eigenvalue weighted by molar-refractivity contribution is -0.122. The minimum absolute atomic E-state index is 0.117. The maximum atomic E-state index is 12.6. The van der Waals surface area contributed by atoms with E-state index in [-0.39, 0.29) is 18.2 Å². The third-order valence-corrected chi connectivity index (χ3v) is 6.08. The van der Waals surface area contributed by atoms with Crippen LogP contribution in [0, 0.1) is 0 Å². The molecule has 0 aliphatic carbocycles. The van der Waals surface area contributed by atoms with Crippen molar-refractivity contribution in [1.82, 2.24) is 4.90 Å². The second-order valence-electron chi connectivity index (χ2n) is 6.05. The maximum Gasteiger partial charge on any atom is 0.266 e. The van der Waals surface area contributed by atoms with Crippen LogP contribution in [0.4, 0.5) is 5.69 Å². The number of anilines is 1. The molecule has 2 amide bonds. The summed E-state index contributed by atoms with van der Waals surface area (Å²) in [4.78, 5) is 26.8. The van der Waals surface area contributed by atoms with Crippen LogP contribution in [-0.4, -0.2) is 27.6 Å². The predicted octanol–water partition coefficient (Wildman–Crippen LogP) is 5.72. The Balaban J connectivity index is 1.53. The molecule has 0 saturated carbocycles. The van der Waals surface area contributed by atoms with E-state index in [0.29, 0.717) is 32.9 Å². The molecular formula is C20H16BrClN2O2S2. The number of benzene rings is 2. The van der Waals surface area contributed by atoms with Gasteiger partial charge >= 0.3 is 0 Å². The number of rotatable bonds is 6. The van der Waals surface area contributed by atoms with Crippen LogP contribution in [0.15, 0.2) is 57.9 Å². The second kappa shape index (κ2) is 9.69. The van der Waals surface area contributed by atoms with Gasteiger partial charge in [0.2, 0.25) is 5.91 Å². The lowest BCUT2D eigenvalue weighted by Crippen LogP contribution is -2.29. The monoisotopic (exact) mass is 494 g/mol. The van der Waals surface area contributed by atoms with Crippen molar-refractivity contribution in [2.24, 2.45) is 0 Å². The van der Waals surface area contributed by atoms with E-state index in [2.05, 4.69) is 21.2 Å². The quantitative estimate of drug-likeness (QED) is 0.411. The third-order valence-electron chi connectivity index (χ3n) is 3.94. The molecule has 1 fully saturated rings. The van der Waals surface area contributed by atoms with Crippen molar-refractivity contribution < 1.29 is 9.59 Å². The summed E-state index contributed by atoms with van der Waals surface area (Å²) in [6.45, 7) is 0.408. The van der Waals surface area contributed by atoms with Crippen LogP contribution in [0.1, 0.15) is 18.4 Å². The summed E-state index contributed by atoms with van der Waals surface area (Å²) in [5.74, 6) is -0.244. The van der Waals surface area contributed by atoms with Gasteiger partial charge in [0.1, 0.15) is 4.32 Å². The zero-order valence-corrected chi connectivity index (χ0v) is 18.6. The average Bonchev–Trinajstić information content (AvgIpc) is 2.91. The highest BCUT2D eigenvalue weighted by Gasteiger charge is 2.31. The SMILES string of the molecule is O=C(CCCN1C(=O)/C(=C\c2ccc(Br)cc2)SC1=S)Nc1cccc(Cl)c1. The molecule has 1 aliphatic heterocycles. The van der Waals surface area contributed by atoms with E-state index in [1.54, 1.807) is 29.2 Å². The van der Waals surface area contributed by atoms with E-state index in [4.69, 9.17) is 23.8 Å². The Labute approximate surface area is 186 Å². The highest BCUT2D eigenvalue weighted by Crippen LogP contribution is 2.32. The Morgan fingerprint density at radius 1 is 1.25 bits per heavy atom. The van der Waals surface area contributed by atoms with Crippen LogP contribution in [0.3, 0.4) is 0 Å². The molecule has 0 atom stereocenters. The van der Waals surface area contributed by atoms with Gasteiger partial charge in [-0.1, -0.05) is 69.7 Å². The number of hydrogen-bond donors (Lipinski definition) is 1. The Kier molecular flexibility index (Phi) is 7.29. The Morgan fingerprint density at radius 3 is 2.71 bits per heavy atom. The summed E-state index contributed by atoms with van der Waals surface area (Å²) in [6, 6.07) is 14.7. The molecule has 4 nitrogen and oxygen atoms in total. The first kappa shape index (κ1) is 21.0. The summed E-state index contributed by atoms with van der Waals surface area (Å²) in [5.41, 5.74) is 1.59. The van der Waals surface area contributed by atoms with Gasteiger partial charge in [0, 0.05) is 28.1 Å². The molecule has 1 aliphatic rings. The zero-order chi connectivity index (χ0) is 20.1. The molecule has 8 heteroatoms. The van der Waals surface area contributed by atoms with E-state index in [0.717, 1.165) is 10.0 Å². The van der Waals surface area contributed by atoms with Gasteiger partial charge in [-0.3, -0.25) is 14.5 Å². The van der Waals surface area contributed by atoms with Crippen LogP contribution >= 0.6 is 51.5 Å². The van der Waals surface area contributed by atoms with Crippen molar-refractivity contribution in [1.29, 1.82) is 0 Å². The van der Waals surface area contributed by atoms with Crippen LogP contribution in [0.5, 0.6) is 0 Å². The molecule has 2 aromatic carbocycles. The fraction of sp³-hybridized carbons (Fsp3) is 0.150. The summed E-state index contributed by atoms with van der Waals surface area (Å²) < 4.78 is 1.50. The molecule has 1 N–H and O–H groups in total. The molecule has 0 radical (unpaired) electrons. The number of carbonyl (C=O) groups excluding carboxylic acids is 2. The lowest BCUT2D eigenvalue weighted by Gasteiger charge is -2.14. The lowest BCUT2D eigenvalue weighted by atomic mass is 10.2. The average molecular weight is 496 g/mol. The highest BCUT2D eigenvalue weighted by atomic mass is 79.9. The number of nitrogens with one attached hydrogen (secondary N) is 1. The molecular weight excluding hydrogens is 480 g/mol. The van der Waals surface area contributed by atoms with E-state index in [1.165, 1.54) is 11.8 Å². The minimum Gasteiger partial charge on any atom is -0.326 e. The van der Waals surface area contributed by atoms with Gasteiger partial charge in [-0.25, -0.2) is 0 Å². The van der Waals surface area contributed by atoms with Gasteiger partial charge in [-0.15, -0.1) is 0 Å².